The number of benzene rings is 2. The van der Waals surface area contributed by atoms with Crippen LogP contribution in [0.4, 0.5) is 34.5 Å². The minimum atomic E-state index is -4.76. The molecule has 3 aromatic rings. The van der Waals surface area contributed by atoms with Gasteiger partial charge in [0.2, 0.25) is 0 Å². The van der Waals surface area contributed by atoms with E-state index in [1.165, 1.54) is 23.5 Å². The van der Waals surface area contributed by atoms with Crippen LogP contribution in [0.25, 0.3) is 10.2 Å². The van der Waals surface area contributed by atoms with Crippen molar-refractivity contribution >= 4 is 44.1 Å². The summed E-state index contributed by atoms with van der Waals surface area (Å²) in [5.41, 5.74) is 7.20. The Morgan fingerprint density at radius 2 is 1.72 bits per heavy atom. The molecular formula is C15H11F3N4O2S. The van der Waals surface area contributed by atoms with Crippen LogP contribution in [0, 0.1) is 0 Å². The number of amides is 2. The number of aromatic nitrogens is 1. The van der Waals surface area contributed by atoms with Crippen molar-refractivity contribution in [3.63, 3.8) is 0 Å². The minimum absolute atomic E-state index is 0.315. The fourth-order valence-electron chi connectivity index (χ4n) is 2.05. The molecule has 130 valence electrons. The smallest absolute Gasteiger partial charge is 0.406 e. The number of alkyl halides is 3. The van der Waals surface area contributed by atoms with E-state index in [1.54, 1.807) is 18.2 Å². The van der Waals surface area contributed by atoms with Gasteiger partial charge in [-0.2, -0.15) is 0 Å². The van der Waals surface area contributed by atoms with E-state index in [1.807, 2.05) is 0 Å². The fraction of sp³-hybridized carbons (Fsp3) is 0.0667. The number of nitrogens with two attached hydrogens (primary N) is 1. The maximum atomic E-state index is 12.1. The lowest BCUT2D eigenvalue weighted by Gasteiger charge is -2.10. The highest BCUT2D eigenvalue weighted by Crippen LogP contribution is 2.27. The van der Waals surface area contributed by atoms with Crippen LogP contribution in [0.3, 0.4) is 0 Å². The number of nitrogens with zero attached hydrogens (tertiary/aromatic N) is 1. The van der Waals surface area contributed by atoms with E-state index >= 15 is 0 Å². The first-order valence-electron chi connectivity index (χ1n) is 6.88. The summed E-state index contributed by atoms with van der Waals surface area (Å²) in [4.78, 5) is 16.1. The lowest BCUT2D eigenvalue weighted by molar-refractivity contribution is -0.274. The average molecular weight is 368 g/mol. The molecule has 0 radical (unpaired) electrons. The second kappa shape index (κ2) is 6.48. The number of hydrogen-bond acceptors (Lipinski definition) is 5. The van der Waals surface area contributed by atoms with Gasteiger partial charge >= 0.3 is 12.4 Å². The van der Waals surface area contributed by atoms with E-state index in [0.717, 1.165) is 22.3 Å². The highest BCUT2D eigenvalue weighted by molar-refractivity contribution is 7.22. The maximum absolute atomic E-state index is 12.1. The van der Waals surface area contributed by atoms with Gasteiger partial charge in [0.1, 0.15) is 5.75 Å². The van der Waals surface area contributed by atoms with Crippen LogP contribution in [0.15, 0.2) is 42.5 Å². The molecule has 10 heteroatoms. The third kappa shape index (κ3) is 4.51. The van der Waals surface area contributed by atoms with E-state index < -0.39 is 12.4 Å². The predicted octanol–water partition coefficient (Wildman–Crippen LogP) is 4.42. The number of carbonyl (C=O) groups excluding carboxylic acids is 1. The first kappa shape index (κ1) is 16.8. The van der Waals surface area contributed by atoms with Crippen LogP contribution >= 0.6 is 11.3 Å². The minimum Gasteiger partial charge on any atom is -0.406 e. The third-order valence-electron chi connectivity index (χ3n) is 3.01. The molecule has 0 saturated carbocycles. The summed E-state index contributed by atoms with van der Waals surface area (Å²) in [6, 6.07) is 9.39. The molecule has 0 aliphatic heterocycles. The number of ether oxygens (including phenoxy) is 1. The lowest BCUT2D eigenvalue weighted by Crippen LogP contribution is -2.19. The van der Waals surface area contributed by atoms with E-state index in [-0.39, 0.29) is 5.75 Å². The van der Waals surface area contributed by atoms with Gasteiger partial charge in [-0.15, -0.1) is 13.2 Å². The van der Waals surface area contributed by atoms with Gasteiger partial charge in [0.05, 0.1) is 10.2 Å². The number of thiazole rings is 1. The Bertz CT molecular complexity index is 909. The first-order valence-corrected chi connectivity index (χ1v) is 7.70. The van der Waals surface area contributed by atoms with Crippen LogP contribution in [0.5, 0.6) is 5.75 Å². The van der Waals surface area contributed by atoms with E-state index in [0.29, 0.717) is 16.5 Å². The number of nitrogens with one attached hydrogen (secondary N) is 2. The molecule has 4 N–H and O–H groups in total. The Kier molecular flexibility index (Phi) is 4.36. The molecule has 1 aromatic heterocycles. The van der Waals surface area contributed by atoms with Crippen LogP contribution in [0.2, 0.25) is 0 Å². The van der Waals surface area contributed by atoms with Gasteiger partial charge in [-0.1, -0.05) is 11.3 Å². The SMILES string of the molecule is Nc1nc2ccc(NC(=O)Nc3ccc(OC(F)(F)F)cc3)cc2s1. The van der Waals surface area contributed by atoms with Gasteiger partial charge in [-0.25, -0.2) is 9.78 Å². The van der Waals surface area contributed by atoms with Crippen molar-refractivity contribution in [2.24, 2.45) is 0 Å². The molecule has 2 aromatic carbocycles. The monoisotopic (exact) mass is 368 g/mol. The van der Waals surface area contributed by atoms with Gasteiger partial charge in [0.25, 0.3) is 0 Å². The van der Waals surface area contributed by atoms with Gasteiger partial charge in [-0.3, -0.25) is 0 Å². The Hall–Kier alpha value is -3.01. The molecule has 0 saturated heterocycles. The number of nitrogen functional groups attached to an aromatic ring is 1. The van der Waals surface area contributed by atoms with Crippen molar-refractivity contribution in [2.45, 2.75) is 6.36 Å². The standard InChI is InChI=1S/C15H11F3N4O2S/c16-15(17,18)24-10-4-1-8(2-5-10)20-14(23)21-9-3-6-11-12(7-9)25-13(19)22-11/h1-7H,(H2,19,22)(H2,20,21,23). The van der Waals surface area contributed by atoms with E-state index in [9.17, 15) is 18.0 Å². The second-order valence-corrected chi connectivity index (χ2v) is 5.95. The number of carbonyl (C=O) groups is 1. The second-order valence-electron chi connectivity index (χ2n) is 4.89. The highest BCUT2D eigenvalue weighted by atomic mass is 32.1. The van der Waals surface area contributed by atoms with Gasteiger partial charge in [0.15, 0.2) is 5.13 Å². The predicted molar refractivity (Wildman–Crippen MR) is 89.8 cm³/mol. The van der Waals surface area contributed by atoms with Gasteiger partial charge in [-0.05, 0) is 42.5 Å². The van der Waals surface area contributed by atoms with Gasteiger partial charge < -0.3 is 21.1 Å². The molecule has 0 aliphatic rings. The summed E-state index contributed by atoms with van der Waals surface area (Å²) in [5, 5.41) is 5.56. The fourth-order valence-corrected chi connectivity index (χ4v) is 2.83. The zero-order valence-electron chi connectivity index (χ0n) is 12.4. The Balaban J connectivity index is 1.63. The average Bonchev–Trinajstić information content (AvgIpc) is 2.87. The van der Waals surface area contributed by atoms with Gasteiger partial charge in [0, 0.05) is 11.4 Å². The molecular weight excluding hydrogens is 357 g/mol. The molecule has 0 aliphatic carbocycles. The molecule has 0 fully saturated rings. The number of halogens is 3. The van der Waals surface area contributed by atoms with Crippen molar-refractivity contribution in [2.75, 3.05) is 16.4 Å². The Morgan fingerprint density at radius 3 is 2.40 bits per heavy atom. The summed E-state index contributed by atoms with van der Waals surface area (Å²) in [7, 11) is 0. The summed E-state index contributed by atoms with van der Waals surface area (Å²) in [6.45, 7) is 0. The topological polar surface area (TPSA) is 89.3 Å². The van der Waals surface area contributed by atoms with Crippen LogP contribution in [0.1, 0.15) is 0 Å². The first-order chi connectivity index (χ1) is 11.8. The van der Waals surface area contributed by atoms with Crippen molar-refractivity contribution in [1.29, 1.82) is 0 Å². The normalized spacial score (nSPS) is 11.3. The van der Waals surface area contributed by atoms with Crippen molar-refractivity contribution in [1.82, 2.24) is 4.98 Å². The molecule has 0 atom stereocenters. The number of rotatable bonds is 3. The van der Waals surface area contributed by atoms with Crippen LogP contribution in [-0.2, 0) is 0 Å². The molecule has 0 bridgehead atoms. The molecule has 0 unspecified atom stereocenters. The van der Waals surface area contributed by atoms with E-state index in [2.05, 4.69) is 20.4 Å². The number of hydrogen-bond donors (Lipinski definition) is 3. The van der Waals surface area contributed by atoms with Crippen LogP contribution < -0.4 is 21.1 Å². The largest absolute Gasteiger partial charge is 0.573 e. The Labute approximate surface area is 143 Å². The summed E-state index contributed by atoms with van der Waals surface area (Å²) >= 11 is 1.29. The quantitative estimate of drug-likeness (QED) is 0.638. The molecule has 1 heterocycles. The highest BCUT2D eigenvalue weighted by Gasteiger charge is 2.30. The van der Waals surface area contributed by atoms with E-state index in [4.69, 9.17) is 5.73 Å². The van der Waals surface area contributed by atoms with Crippen molar-refractivity contribution in [3.8, 4) is 5.75 Å². The summed E-state index contributed by atoms with van der Waals surface area (Å²) in [6.07, 6.45) is -4.76. The number of urea groups is 1. The molecule has 2 amide bonds. The zero-order chi connectivity index (χ0) is 18.0. The number of fused-ring (bicyclic) bond motifs is 1. The molecule has 6 nitrogen and oxygen atoms in total. The number of anilines is 3. The zero-order valence-corrected chi connectivity index (χ0v) is 13.2. The summed E-state index contributed by atoms with van der Waals surface area (Å²) < 4.78 is 40.9. The van der Waals surface area contributed by atoms with Crippen molar-refractivity contribution < 1.29 is 22.7 Å². The maximum Gasteiger partial charge on any atom is 0.573 e. The third-order valence-corrected chi connectivity index (χ3v) is 3.86. The molecule has 3 rings (SSSR count). The molecule has 0 spiro atoms. The Morgan fingerprint density at radius 1 is 1.08 bits per heavy atom. The van der Waals surface area contributed by atoms with Crippen molar-refractivity contribution in [3.05, 3.63) is 42.5 Å². The lowest BCUT2D eigenvalue weighted by atomic mass is 10.3. The summed E-state index contributed by atoms with van der Waals surface area (Å²) in [5.74, 6) is -0.369. The van der Waals surface area contributed by atoms with Crippen LogP contribution in [-0.4, -0.2) is 17.4 Å². The molecule has 25 heavy (non-hydrogen) atoms.